The molecule has 0 aliphatic heterocycles. The van der Waals surface area contributed by atoms with E-state index in [4.69, 9.17) is 16.1 Å². The van der Waals surface area contributed by atoms with Gasteiger partial charge in [0.25, 0.3) is 0 Å². The van der Waals surface area contributed by atoms with Crippen molar-refractivity contribution in [2.45, 2.75) is 19.5 Å². The molecule has 0 saturated carbocycles. The molecule has 84 valence electrons. The normalized spacial score (nSPS) is 12.6. The molecular weight excluding hydrogens is 224 g/mol. The van der Waals surface area contributed by atoms with Crippen LogP contribution in [0.25, 0.3) is 0 Å². The highest BCUT2D eigenvalue weighted by atomic mass is 35.5. The largest absolute Gasteiger partial charge is 0.364 e. The third-order valence-electron chi connectivity index (χ3n) is 2.44. The Bertz CT molecular complexity index is 442. The van der Waals surface area contributed by atoms with E-state index in [2.05, 4.69) is 23.5 Å². The van der Waals surface area contributed by atoms with Crippen molar-refractivity contribution in [3.05, 3.63) is 52.9 Å². The predicted octanol–water partition coefficient (Wildman–Crippen LogP) is 3.18. The van der Waals surface area contributed by atoms with Crippen LogP contribution in [0.4, 0.5) is 0 Å². The first-order chi connectivity index (χ1) is 7.75. The van der Waals surface area contributed by atoms with Crippen molar-refractivity contribution in [3.8, 4) is 0 Å². The fourth-order valence-electron chi connectivity index (χ4n) is 1.48. The van der Waals surface area contributed by atoms with Crippen LogP contribution in [0.5, 0.6) is 0 Å². The maximum Gasteiger partial charge on any atom is 0.128 e. The third kappa shape index (κ3) is 2.84. The van der Waals surface area contributed by atoms with Crippen LogP contribution in [0.15, 0.2) is 41.2 Å². The van der Waals surface area contributed by atoms with Gasteiger partial charge < -0.3 is 9.84 Å². The maximum absolute atomic E-state index is 5.94. The molecule has 0 spiro atoms. The molecule has 3 nitrogen and oxygen atoms in total. The van der Waals surface area contributed by atoms with E-state index < -0.39 is 0 Å². The molecule has 0 amide bonds. The topological polar surface area (TPSA) is 38.1 Å². The Morgan fingerprint density at radius 2 is 2.38 bits per heavy atom. The predicted molar refractivity (Wildman–Crippen MR) is 63.2 cm³/mol. The highest BCUT2D eigenvalue weighted by molar-refractivity contribution is 6.30. The number of nitrogens with one attached hydrogen (secondary N) is 1. The van der Waals surface area contributed by atoms with E-state index in [0.717, 1.165) is 17.1 Å². The van der Waals surface area contributed by atoms with Crippen LogP contribution in [0.1, 0.15) is 24.1 Å². The van der Waals surface area contributed by atoms with Crippen LogP contribution in [-0.2, 0) is 6.54 Å². The molecule has 0 radical (unpaired) electrons. The molecule has 0 fully saturated rings. The standard InChI is InChI=1S/C12H13ClN2O/c1-9(11-3-2-4-12(13)5-11)14-6-10-7-15-16-8-10/h2-5,7-9,14H,6H2,1H3. The van der Waals surface area contributed by atoms with E-state index in [1.165, 1.54) is 5.56 Å². The summed E-state index contributed by atoms with van der Waals surface area (Å²) >= 11 is 5.94. The lowest BCUT2D eigenvalue weighted by Gasteiger charge is -2.13. The summed E-state index contributed by atoms with van der Waals surface area (Å²) in [6, 6.07) is 8.09. The number of hydrogen-bond acceptors (Lipinski definition) is 3. The van der Waals surface area contributed by atoms with Gasteiger partial charge in [-0.05, 0) is 24.6 Å². The molecular formula is C12H13ClN2O. The van der Waals surface area contributed by atoms with Crippen LogP contribution in [0.3, 0.4) is 0 Å². The van der Waals surface area contributed by atoms with Crippen LogP contribution in [0, 0.1) is 0 Å². The van der Waals surface area contributed by atoms with Gasteiger partial charge in [0.2, 0.25) is 0 Å². The second kappa shape index (κ2) is 5.14. The van der Waals surface area contributed by atoms with E-state index in [1.54, 1.807) is 12.5 Å². The van der Waals surface area contributed by atoms with Crippen LogP contribution in [0.2, 0.25) is 5.02 Å². The second-order valence-corrected chi connectivity index (χ2v) is 4.13. The number of rotatable bonds is 4. The Hall–Kier alpha value is -1.32. The lowest BCUT2D eigenvalue weighted by Crippen LogP contribution is -2.17. The Balaban J connectivity index is 1.95. The first-order valence-corrected chi connectivity index (χ1v) is 5.50. The molecule has 2 aromatic rings. The summed E-state index contributed by atoms with van der Waals surface area (Å²) in [5, 5.41) is 7.78. The summed E-state index contributed by atoms with van der Waals surface area (Å²) in [6.45, 7) is 2.83. The van der Waals surface area contributed by atoms with Crippen molar-refractivity contribution < 1.29 is 4.52 Å². The Morgan fingerprint density at radius 3 is 3.06 bits per heavy atom. The van der Waals surface area contributed by atoms with Crippen molar-refractivity contribution in [2.24, 2.45) is 0 Å². The lowest BCUT2D eigenvalue weighted by molar-refractivity contribution is 0.418. The van der Waals surface area contributed by atoms with Gasteiger partial charge in [0, 0.05) is 23.2 Å². The van der Waals surface area contributed by atoms with Gasteiger partial charge in [-0.1, -0.05) is 28.9 Å². The molecule has 0 aliphatic rings. The zero-order chi connectivity index (χ0) is 11.4. The number of aromatic nitrogens is 1. The Morgan fingerprint density at radius 1 is 1.50 bits per heavy atom. The van der Waals surface area contributed by atoms with Crippen molar-refractivity contribution in [2.75, 3.05) is 0 Å². The lowest BCUT2D eigenvalue weighted by atomic mass is 10.1. The van der Waals surface area contributed by atoms with Crippen molar-refractivity contribution in [1.82, 2.24) is 10.5 Å². The molecule has 2 rings (SSSR count). The summed E-state index contributed by atoms with van der Waals surface area (Å²) in [4.78, 5) is 0. The van der Waals surface area contributed by atoms with E-state index in [1.807, 2.05) is 18.2 Å². The van der Waals surface area contributed by atoms with Crippen LogP contribution < -0.4 is 5.32 Å². The summed E-state index contributed by atoms with van der Waals surface area (Å²) < 4.78 is 4.76. The van der Waals surface area contributed by atoms with Crippen molar-refractivity contribution >= 4 is 11.6 Å². The highest BCUT2D eigenvalue weighted by Crippen LogP contribution is 2.17. The number of hydrogen-bond donors (Lipinski definition) is 1. The average molecular weight is 237 g/mol. The van der Waals surface area contributed by atoms with Crippen molar-refractivity contribution in [3.63, 3.8) is 0 Å². The van der Waals surface area contributed by atoms with Gasteiger partial charge in [-0.15, -0.1) is 0 Å². The summed E-state index contributed by atoms with van der Waals surface area (Å²) in [5.41, 5.74) is 2.21. The monoisotopic (exact) mass is 236 g/mol. The third-order valence-corrected chi connectivity index (χ3v) is 2.68. The minimum Gasteiger partial charge on any atom is -0.364 e. The number of halogens is 1. The van der Waals surface area contributed by atoms with Crippen molar-refractivity contribution in [1.29, 1.82) is 0 Å². The van der Waals surface area contributed by atoms with Gasteiger partial charge in [0.1, 0.15) is 6.26 Å². The molecule has 1 atom stereocenters. The molecule has 1 heterocycles. The average Bonchev–Trinajstić information content (AvgIpc) is 2.78. The SMILES string of the molecule is CC(NCc1cnoc1)c1cccc(Cl)c1. The van der Waals surface area contributed by atoms with Gasteiger partial charge in [0.15, 0.2) is 0 Å². The second-order valence-electron chi connectivity index (χ2n) is 3.69. The molecule has 0 bridgehead atoms. The minimum atomic E-state index is 0.244. The smallest absolute Gasteiger partial charge is 0.128 e. The molecule has 1 aromatic carbocycles. The number of benzene rings is 1. The fourth-order valence-corrected chi connectivity index (χ4v) is 1.68. The molecule has 4 heteroatoms. The summed E-state index contributed by atoms with van der Waals surface area (Å²) in [7, 11) is 0. The van der Waals surface area contributed by atoms with E-state index >= 15 is 0 Å². The van der Waals surface area contributed by atoms with E-state index in [0.29, 0.717) is 0 Å². The number of nitrogens with zero attached hydrogens (tertiary/aromatic N) is 1. The zero-order valence-electron chi connectivity index (χ0n) is 8.98. The molecule has 0 aliphatic carbocycles. The molecule has 1 aromatic heterocycles. The van der Waals surface area contributed by atoms with Gasteiger partial charge in [-0.2, -0.15) is 0 Å². The van der Waals surface area contributed by atoms with E-state index in [9.17, 15) is 0 Å². The quantitative estimate of drug-likeness (QED) is 0.886. The highest BCUT2D eigenvalue weighted by Gasteiger charge is 2.05. The molecule has 16 heavy (non-hydrogen) atoms. The van der Waals surface area contributed by atoms with Crippen LogP contribution in [-0.4, -0.2) is 5.16 Å². The summed E-state index contributed by atoms with van der Waals surface area (Å²) in [6.07, 6.45) is 3.34. The first-order valence-electron chi connectivity index (χ1n) is 5.13. The summed E-state index contributed by atoms with van der Waals surface area (Å²) in [5.74, 6) is 0. The van der Waals surface area contributed by atoms with E-state index in [-0.39, 0.29) is 6.04 Å². The molecule has 1 unspecified atom stereocenters. The van der Waals surface area contributed by atoms with Crippen LogP contribution >= 0.6 is 11.6 Å². The van der Waals surface area contributed by atoms with Gasteiger partial charge in [-0.3, -0.25) is 0 Å². The van der Waals surface area contributed by atoms with Gasteiger partial charge >= 0.3 is 0 Å². The molecule has 1 N–H and O–H groups in total. The zero-order valence-corrected chi connectivity index (χ0v) is 9.74. The van der Waals surface area contributed by atoms with Gasteiger partial charge in [0.05, 0.1) is 6.20 Å². The Labute approximate surface area is 99.4 Å². The fraction of sp³-hybridized carbons (Fsp3) is 0.250. The maximum atomic E-state index is 5.94. The van der Waals surface area contributed by atoms with Gasteiger partial charge in [-0.25, -0.2) is 0 Å². The Kier molecular flexibility index (Phi) is 3.59. The molecule has 0 saturated heterocycles. The first kappa shape index (κ1) is 11.2. The minimum absolute atomic E-state index is 0.244.